The fourth-order valence-corrected chi connectivity index (χ4v) is 7.01. The fraction of sp³-hybridized carbons (Fsp3) is 0.696. The van der Waals surface area contributed by atoms with Crippen molar-refractivity contribution in [3.8, 4) is 0 Å². The number of likely N-dealkylation sites (tertiary alicyclic amines) is 1. The number of amides is 1. The van der Waals surface area contributed by atoms with E-state index in [1.54, 1.807) is 28.6 Å². The minimum absolute atomic E-state index is 0.00465. The Bertz CT molecular complexity index is 883. The average molecular weight is 449 g/mol. The summed E-state index contributed by atoms with van der Waals surface area (Å²) < 4.78 is 28.0. The summed E-state index contributed by atoms with van der Waals surface area (Å²) in [6.07, 6.45) is 5.31. The summed E-state index contributed by atoms with van der Waals surface area (Å²) in [6, 6.07) is 7.21. The molecule has 172 valence electrons. The molecule has 8 heteroatoms. The van der Waals surface area contributed by atoms with Gasteiger partial charge in [0.1, 0.15) is 0 Å². The summed E-state index contributed by atoms with van der Waals surface area (Å²) in [6.45, 7) is 7.95. The van der Waals surface area contributed by atoms with Gasteiger partial charge in [-0.05, 0) is 64.4 Å². The number of nitrogens with zero attached hydrogens (tertiary/aromatic N) is 4. The summed E-state index contributed by atoms with van der Waals surface area (Å²) in [4.78, 5) is 20.2. The molecule has 2 unspecified atom stereocenters. The first kappa shape index (κ1) is 22.7. The summed E-state index contributed by atoms with van der Waals surface area (Å²) in [5.74, 6) is -0.0656. The number of carbonyl (C=O) groups is 1. The Hall–Kier alpha value is -1.48. The van der Waals surface area contributed by atoms with E-state index in [9.17, 15) is 13.2 Å². The van der Waals surface area contributed by atoms with Crippen LogP contribution in [-0.4, -0.2) is 98.3 Å². The lowest BCUT2D eigenvalue weighted by atomic mass is 10.0. The molecule has 31 heavy (non-hydrogen) atoms. The number of piperazine rings is 1. The summed E-state index contributed by atoms with van der Waals surface area (Å²) in [5, 5.41) is 0. The quantitative estimate of drug-likeness (QED) is 0.706. The second kappa shape index (κ2) is 9.57. The molecular formula is C23H36N4O3S. The normalized spacial score (nSPS) is 27.4. The van der Waals surface area contributed by atoms with Crippen LogP contribution in [0.3, 0.4) is 0 Å². The molecule has 3 fully saturated rings. The minimum atomic E-state index is -3.58. The van der Waals surface area contributed by atoms with Crippen molar-refractivity contribution in [2.24, 2.45) is 0 Å². The molecule has 0 saturated carbocycles. The maximum absolute atomic E-state index is 13.2. The van der Waals surface area contributed by atoms with Crippen LogP contribution in [0.5, 0.6) is 0 Å². The molecule has 7 nitrogen and oxygen atoms in total. The topological polar surface area (TPSA) is 64.2 Å². The van der Waals surface area contributed by atoms with Crippen molar-refractivity contribution < 1.29 is 13.2 Å². The van der Waals surface area contributed by atoms with E-state index in [0.717, 1.165) is 38.9 Å². The third kappa shape index (κ3) is 4.97. The Labute approximate surface area is 187 Å². The standard InChI is InChI=1S/C23H36N4O3S/c1-19-7-3-4-12-27(19)31(29,30)22-10-5-8-20(17-22)23(28)26-15-13-25(14-16-26)21-9-6-11-24(2)18-21/h5,8,10,17,19,21H,3-4,6-7,9,11-16,18H2,1-2H3. The number of benzene rings is 1. The van der Waals surface area contributed by atoms with Crippen LogP contribution in [-0.2, 0) is 10.0 Å². The summed E-state index contributed by atoms with van der Waals surface area (Å²) >= 11 is 0. The van der Waals surface area contributed by atoms with Gasteiger partial charge in [0.15, 0.2) is 0 Å². The summed E-state index contributed by atoms with van der Waals surface area (Å²) in [5.41, 5.74) is 0.469. The van der Waals surface area contributed by atoms with E-state index >= 15 is 0 Å². The van der Waals surface area contributed by atoms with Crippen molar-refractivity contribution in [2.75, 3.05) is 52.9 Å². The van der Waals surface area contributed by atoms with Gasteiger partial charge >= 0.3 is 0 Å². The van der Waals surface area contributed by atoms with Gasteiger partial charge < -0.3 is 9.80 Å². The second-order valence-electron chi connectivity index (χ2n) is 9.37. The minimum Gasteiger partial charge on any atom is -0.336 e. The van der Waals surface area contributed by atoms with Gasteiger partial charge in [-0.1, -0.05) is 12.5 Å². The first-order valence-electron chi connectivity index (χ1n) is 11.7. The van der Waals surface area contributed by atoms with Crippen molar-refractivity contribution in [1.82, 2.24) is 19.0 Å². The molecule has 0 aliphatic carbocycles. The lowest BCUT2D eigenvalue weighted by molar-refractivity contribution is 0.0452. The van der Waals surface area contributed by atoms with E-state index in [-0.39, 0.29) is 16.8 Å². The Kier molecular flexibility index (Phi) is 7.01. The van der Waals surface area contributed by atoms with Crippen LogP contribution in [0.2, 0.25) is 0 Å². The van der Waals surface area contributed by atoms with Gasteiger partial charge in [0.2, 0.25) is 10.0 Å². The lowest BCUT2D eigenvalue weighted by Gasteiger charge is -2.42. The zero-order valence-corrected chi connectivity index (χ0v) is 19.7. The van der Waals surface area contributed by atoms with Crippen LogP contribution in [0.4, 0.5) is 0 Å². The molecular weight excluding hydrogens is 412 g/mol. The van der Waals surface area contributed by atoms with E-state index < -0.39 is 10.0 Å². The van der Waals surface area contributed by atoms with Crippen LogP contribution >= 0.6 is 0 Å². The largest absolute Gasteiger partial charge is 0.336 e. The lowest BCUT2D eigenvalue weighted by Crippen LogP contribution is -2.55. The Morgan fingerprint density at radius 3 is 2.45 bits per heavy atom. The first-order chi connectivity index (χ1) is 14.9. The number of piperidine rings is 2. The van der Waals surface area contributed by atoms with Crippen LogP contribution in [0.1, 0.15) is 49.4 Å². The zero-order chi connectivity index (χ0) is 22.0. The molecule has 0 bridgehead atoms. The van der Waals surface area contributed by atoms with Gasteiger partial charge in [0.25, 0.3) is 5.91 Å². The molecule has 0 spiro atoms. The highest BCUT2D eigenvalue weighted by Gasteiger charge is 2.32. The number of carbonyl (C=O) groups excluding carboxylic acids is 1. The molecule has 0 radical (unpaired) electrons. The Morgan fingerprint density at radius 1 is 0.968 bits per heavy atom. The van der Waals surface area contributed by atoms with Gasteiger partial charge in [-0.15, -0.1) is 0 Å². The third-order valence-corrected chi connectivity index (χ3v) is 9.16. The van der Waals surface area contributed by atoms with E-state index in [4.69, 9.17) is 0 Å². The smallest absolute Gasteiger partial charge is 0.253 e. The molecule has 3 heterocycles. The second-order valence-corrected chi connectivity index (χ2v) is 11.3. The van der Waals surface area contributed by atoms with Gasteiger partial charge in [-0.2, -0.15) is 4.31 Å². The molecule has 3 saturated heterocycles. The number of hydrogen-bond acceptors (Lipinski definition) is 5. The predicted octanol–water partition coefficient (Wildman–Crippen LogP) is 2.10. The first-order valence-corrected chi connectivity index (χ1v) is 13.1. The number of sulfonamides is 1. The molecule has 4 rings (SSSR count). The molecule has 0 aromatic heterocycles. The number of hydrogen-bond donors (Lipinski definition) is 0. The highest BCUT2D eigenvalue weighted by atomic mass is 32.2. The Morgan fingerprint density at radius 2 is 1.74 bits per heavy atom. The molecule has 2 atom stereocenters. The van der Waals surface area contributed by atoms with Crippen molar-refractivity contribution in [1.29, 1.82) is 0 Å². The summed E-state index contributed by atoms with van der Waals surface area (Å²) in [7, 11) is -1.40. The number of rotatable bonds is 4. The zero-order valence-electron chi connectivity index (χ0n) is 18.9. The van der Waals surface area contributed by atoms with Gasteiger partial charge in [0.05, 0.1) is 4.90 Å². The van der Waals surface area contributed by atoms with E-state index in [0.29, 0.717) is 31.2 Å². The highest BCUT2D eigenvalue weighted by Crippen LogP contribution is 2.26. The van der Waals surface area contributed by atoms with Crippen molar-refractivity contribution in [2.45, 2.75) is 56.0 Å². The average Bonchev–Trinajstić information content (AvgIpc) is 2.79. The molecule has 3 aliphatic heterocycles. The highest BCUT2D eigenvalue weighted by molar-refractivity contribution is 7.89. The fourth-order valence-electron chi connectivity index (χ4n) is 5.26. The van der Waals surface area contributed by atoms with E-state index in [1.807, 2.05) is 11.8 Å². The maximum Gasteiger partial charge on any atom is 0.253 e. The number of likely N-dealkylation sites (N-methyl/N-ethyl adjacent to an activating group) is 1. The van der Waals surface area contributed by atoms with Gasteiger partial charge in [-0.3, -0.25) is 9.69 Å². The van der Waals surface area contributed by atoms with Crippen LogP contribution in [0.15, 0.2) is 29.2 Å². The predicted molar refractivity (Wildman–Crippen MR) is 122 cm³/mol. The van der Waals surface area contributed by atoms with Gasteiger partial charge in [-0.25, -0.2) is 8.42 Å². The maximum atomic E-state index is 13.2. The molecule has 0 N–H and O–H groups in total. The molecule has 1 aromatic carbocycles. The van der Waals surface area contributed by atoms with Crippen molar-refractivity contribution >= 4 is 15.9 Å². The van der Waals surface area contributed by atoms with Crippen LogP contribution in [0, 0.1) is 0 Å². The van der Waals surface area contributed by atoms with Crippen LogP contribution in [0.25, 0.3) is 0 Å². The SMILES string of the molecule is CC1CCCCN1S(=O)(=O)c1cccc(C(=O)N2CCN(C3CCCN(C)C3)CC2)c1. The molecule has 3 aliphatic rings. The third-order valence-electron chi connectivity index (χ3n) is 7.15. The Balaban J connectivity index is 1.42. The van der Waals surface area contributed by atoms with Crippen molar-refractivity contribution in [3.63, 3.8) is 0 Å². The molecule has 1 amide bonds. The van der Waals surface area contributed by atoms with Crippen molar-refractivity contribution in [3.05, 3.63) is 29.8 Å². The van der Waals surface area contributed by atoms with E-state index in [2.05, 4.69) is 16.8 Å². The van der Waals surface area contributed by atoms with Crippen LogP contribution < -0.4 is 0 Å². The van der Waals surface area contributed by atoms with Gasteiger partial charge in [0, 0.05) is 56.9 Å². The molecule has 1 aromatic rings. The van der Waals surface area contributed by atoms with E-state index in [1.165, 1.54) is 19.4 Å². The monoisotopic (exact) mass is 448 g/mol.